The van der Waals surface area contributed by atoms with Gasteiger partial charge in [-0.3, -0.25) is 4.72 Å². The van der Waals surface area contributed by atoms with Crippen molar-refractivity contribution in [1.29, 1.82) is 0 Å². The molecule has 206 valence electrons. The molecule has 0 amide bonds. The number of ether oxygens (including phenoxy) is 1. The summed E-state index contributed by atoms with van der Waals surface area (Å²) in [5.74, 6) is -0.669. The molecule has 7 nitrogen and oxygen atoms in total. The van der Waals surface area contributed by atoms with Gasteiger partial charge >= 0.3 is 5.97 Å². The second kappa shape index (κ2) is 10.6. The highest BCUT2D eigenvalue weighted by Gasteiger charge is 2.38. The van der Waals surface area contributed by atoms with Gasteiger partial charge in [0.15, 0.2) is 0 Å². The topological polar surface area (TPSA) is 111 Å². The van der Waals surface area contributed by atoms with Gasteiger partial charge in [-0.1, -0.05) is 41.9 Å². The first kappa shape index (κ1) is 27.7. The van der Waals surface area contributed by atoms with Crippen LogP contribution in [0.3, 0.4) is 0 Å². The number of fused-ring (bicyclic) bond motifs is 1. The quantitative estimate of drug-likeness (QED) is 0.233. The summed E-state index contributed by atoms with van der Waals surface area (Å²) in [6, 6.07) is 24.9. The minimum absolute atomic E-state index is 0.150. The summed E-state index contributed by atoms with van der Waals surface area (Å²) in [5.41, 5.74) is 12.2. The van der Waals surface area contributed by atoms with E-state index in [-0.39, 0.29) is 10.8 Å². The number of rotatable bonds is 6. The molecule has 4 aromatic rings. The van der Waals surface area contributed by atoms with Gasteiger partial charge in [0.2, 0.25) is 0 Å². The Morgan fingerprint density at radius 3 is 2.33 bits per heavy atom. The summed E-state index contributed by atoms with van der Waals surface area (Å²) >= 11 is 6.18. The first-order valence-corrected chi connectivity index (χ1v) is 14.6. The third-order valence-corrected chi connectivity index (χ3v) is 9.08. The van der Waals surface area contributed by atoms with Gasteiger partial charge in [-0.05, 0) is 103 Å². The smallest absolute Gasteiger partial charge is 0.337 e. The van der Waals surface area contributed by atoms with Crippen molar-refractivity contribution >= 4 is 39.0 Å². The third kappa shape index (κ3) is 5.43. The van der Waals surface area contributed by atoms with Crippen LogP contribution in [0.15, 0.2) is 89.8 Å². The lowest BCUT2D eigenvalue weighted by Gasteiger charge is -2.41. The number of carbonyl (C=O) groups is 1. The Kier molecular flexibility index (Phi) is 7.35. The zero-order valence-electron chi connectivity index (χ0n) is 22.4. The molecule has 0 aliphatic carbocycles. The zero-order valence-corrected chi connectivity index (χ0v) is 23.9. The molecular formula is C31H30ClN3O4S. The summed E-state index contributed by atoms with van der Waals surface area (Å²) in [5, 5.41) is 4.03. The van der Waals surface area contributed by atoms with Crippen LogP contribution in [0.2, 0.25) is 5.02 Å². The molecular weight excluding hydrogens is 546 g/mol. The van der Waals surface area contributed by atoms with Crippen LogP contribution in [0.25, 0.3) is 0 Å². The van der Waals surface area contributed by atoms with E-state index in [4.69, 9.17) is 22.1 Å². The van der Waals surface area contributed by atoms with Crippen molar-refractivity contribution in [3.63, 3.8) is 0 Å². The average Bonchev–Trinajstić information content (AvgIpc) is 2.94. The van der Waals surface area contributed by atoms with E-state index in [0.717, 1.165) is 33.5 Å². The standard InChI is InChI=1S/C31H30ClN3O4S/c1-19-4-13-25(16-20(19)2)35-40(37,38)26-14-15-29-27(17-26)28(21-7-11-24(32)12-8-21)18-31(33,34-29)23-9-5-22(6-10-23)30(36)39-3/h4-17,28,34-35H,18,33H2,1-3H3/t28-,31-/m1/s1. The fourth-order valence-electron chi connectivity index (χ4n) is 5.06. The maximum absolute atomic E-state index is 13.4. The van der Waals surface area contributed by atoms with Gasteiger partial charge in [0.1, 0.15) is 5.66 Å². The highest BCUT2D eigenvalue weighted by atomic mass is 35.5. The van der Waals surface area contributed by atoms with Crippen LogP contribution in [0, 0.1) is 13.8 Å². The van der Waals surface area contributed by atoms with Crippen molar-refractivity contribution in [1.82, 2.24) is 0 Å². The second-order valence-corrected chi connectivity index (χ2v) is 12.2. The maximum atomic E-state index is 13.4. The van der Waals surface area contributed by atoms with Crippen LogP contribution in [-0.2, 0) is 20.4 Å². The van der Waals surface area contributed by atoms with E-state index in [1.54, 1.807) is 48.5 Å². The molecule has 0 bridgehead atoms. The molecule has 0 spiro atoms. The van der Waals surface area contributed by atoms with E-state index in [1.165, 1.54) is 7.11 Å². The fraction of sp³-hybridized carbons (Fsp3) is 0.194. The largest absolute Gasteiger partial charge is 0.465 e. The maximum Gasteiger partial charge on any atom is 0.337 e. The Hall–Kier alpha value is -3.85. The Bertz CT molecular complexity index is 1690. The molecule has 1 heterocycles. The van der Waals surface area contributed by atoms with Gasteiger partial charge in [0.25, 0.3) is 10.0 Å². The molecule has 4 N–H and O–H groups in total. The van der Waals surface area contributed by atoms with Crippen LogP contribution >= 0.6 is 11.6 Å². The van der Waals surface area contributed by atoms with Crippen molar-refractivity contribution < 1.29 is 17.9 Å². The SMILES string of the molecule is COC(=O)c1ccc([C@@]2(N)C[C@H](c3ccc(Cl)cc3)c3cc(S(=O)(=O)Nc4ccc(C)c(C)c4)ccc3N2)cc1. The lowest BCUT2D eigenvalue weighted by molar-refractivity contribution is 0.0600. The van der Waals surface area contributed by atoms with Crippen molar-refractivity contribution in [2.24, 2.45) is 5.73 Å². The van der Waals surface area contributed by atoms with Crippen LogP contribution in [-0.4, -0.2) is 21.5 Å². The van der Waals surface area contributed by atoms with Crippen LogP contribution in [0.4, 0.5) is 11.4 Å². The van der Waals surface area contributed by atoms with Crippen molar-refractivity contribution in [2.75, 3.05) is 17.1 Å². The minimum Gasteiger partial charge on any atom is -0.465 e. The predicted octanol–water partition coefficient (Wildman–Crippen LogP) is 6.30. The van der Waals surface area contributed by atoms with E-state index >= 15 is 0 Å². The molecule has 0 radical (unpaired) electrons. The monoisotopic (exact) mass is 575 g/mol. The number of anilines is 2. The average molecular weight is 576 g/mol. The summed E-state index contributed by atoms with van der Waals surface area (Å²) in [6.07, 6.45) is 0.424. The van der Waals surface area contributed by atoms with Gasteiger partial charge in [-0.25, -0.2) is 13.2 Å². The highest BCUT2D eigenvalue weighted by Crippen LogP contribution is 2.45. The molecule has 0 unspecified atom stereocenters. The Labute approximate surface area is 239 Å². The molecule has 0 saturated carbocycles. The third-order valence-electron chi connectivity index (χ3n) is 7.45. The van der Waals surface area contributed by atoms with Crippen molar-refractivity contribution in [3.05, 3.63) is 123 Å². The molecule has 40 heavy (non-hydrogen) atoms. The normalized spacial score (nSPS) is 18.4. The molecule has 0 aromatic heterocycles. The van der Waals surface area contributed by atoms with Crippen LogP contribution in [0.1, 0.15) is 50.5 Å². The number of hydrogen-bond acceptors (Lipinski definition) is 6. The number of carbonyl (C=O) groups excluding carboxylic acids is 1. The van der Waals surface area contributed by atoms with Crippen LogP contribution in [0.5, 0.6) is 0 Å². The number of nitrogens with two attached hydrogens (primary N) is 1. The van der Waals surface area contributed by atoms with Gasteiger partial charge in [-0.15, -0.1) is 0 Å². The van der Waals surface area contributed by atoms with E-state index in [0.29, 0.717) is 22.7 Å². The lowest BCUT2D eigenvalue weighted by atomic mass is 9.77. The number of benzene rings is 4. The fourth-order valence-corrected chi connectivity index (χ4v) is 6.27. The number of hydrogen-bond donors (Lipinski definition) is 3. The van der Waals surface area contributed by atoms with E-state index < -0.39 is 21.7 Å². The van der Waals surface area contributed by atoms with E-state index in [9.17, 15) is 13.2 Å². The number of esters is 1. The number of halogens is 1. The number of aryl methyl sites for hydroxylation is 2. The molecule has 1 aliphatic rings. The zero-order chi connectivity index (χ0) is 28.7. The first-order valence-electron chi connectivity index (χ1n) is 12.7. The van der Waals surface area contributed by atoms with Gasteiger partial charge in [-0.2, -0.15) is 0 Å². The summed E-state index contributed by atoms with van der Waals surface area (Å²) < 4.78 is 34.4. The molecule has 1 aliphatic heterocycles. The highest BCUT2D eigenvalue weighted by molar-refractivity contribution is 7.92. The van der Waals surface area contributed by atoms with Crippen LogP contribution < -0.4 is 15.8 Å². The minimum atomic E-state index is -3.86. The van der Waals surface area contributed by atoms with E-state index in [1.807, 2.05) is 50.2 Å². The summed E-state index contributed by atoms with van der Waals surface area (Å²) in [7, 11) is -2.52. The molecule has 9 heteroatoms. The molecule has 0 saturated heterocycles. The Balaban J connectivity index is 1.55. The van der Waals surface area contributed by atoms with Gasteiger partial charge in [0, 0.05) is 22.3 Å². The summed E-state index contributed by atoms with van der Waals surface area (Å²) in [4.78, 5) is 12.1. The first-order chi connectivity index (χ1) is 19.0. The number of nitrogens with one attached hydrogen (secondary N) is 2. The Morgan fingerprint density at radius 2 is 1.68 bits per heavy atom. The lowest BCUT2D eigenvalue weighted by Crippen LogP contribution is -2.48. The molecule has 0 fully saturated rings. The predicted molar refractivity (Wildman–Crippen MR) is 158 cm³/mol. The number of methoxy groups -OCH3 is 1. The van der Waals surface area contributed by atoms with E-state index in [2.05, 4.69) is 10.0 Å². The number of sulfonamides is 1. The van der Waals surface area contributed by atoms with Crippen molar-refractivity contribution in [3.8, 4) is 0 Å². The van der Waals surface area contributed by atoms with Crippen molar-refractivity contribution in [2.45, 2.75) is 36.7 Å². The molecule has 2 atom stereocenters. The molecule has 4 aromatic carbocycles. The van der Waals surface area contributed by atoms with Gasteiger partial charge < -0.3 is 15.8 Å². The summed E-state index contributed by atoms with van der Waals surface area (Å²) in [6.45, 7) is 3.92. The van der Waals surface area contributed by atoms with Gasteiger partial charge in [0.05, 0.1) is 17.6 Å². The molecule has 5 rings (SSSR count). The second-order valence-electron chi connectivity index (χ2n) is 10.1. The Morgan fingerprint density at radius 1 is 0.975 bits per heavy atom.